The van der Waals surface area contributed by atoms with E-state index in [-0.39, 0.29) is 5.91 Å². The number of carbonyl (C=O) groups is 1. The van der Waals surface area contributed by atoms with Crippen molar-refractivity contribution in [1.82, 2.24) is 10.1 Å². The Morgan fingerprint density at radius 2 is 1.96 bits per heavy atom. The van der Waals surface area contributed by atoms with E-state index in [4.69, 9.17) is 4.52 Å². The van der Waals surface area contributed by atoms with Gasteiger partial charge in [-0.1, -0.05) is 22.9 Å². The summed E-state index contributed by atoms with van der Waals surface area (Å²) in [5.74, 6) is 1.63. The van der Waals surface area contributed by atoms with Crippen molar-refractivity contribution in [1.29, 1.82) is 0 Å². The van der Waals surface area contributed by atoms with Gasteiger partial charge in [0.25, 0.3) is 5.91 Å². The summed E-state index contributed by atoms with van der Waals surface area (Å²) in [7, 11) is 0. The van der Waals surface area contributed by atoms with Gasteiger partial charge in [-0.05, 0) is 38.1 Å². The quantitative estimate of drug-likeness (QED) is 0.768. The fraction of sp³-hybridized carbons (Fsp3) is 0.118. The van der Waals surface area contributed by atoms with Crippen LogP contribution in [0.2, 0.25) is 0 Å². The second-order valence-corrected chi connectivity index (χ2v) is 5.20. The van der Waals surface area contributed by atoms with Crippen molar-refractivity contribution in [2.75, 3.05) is 10.6 Å². The molecule has 0 bridgehead atoms. The number of nitrogens with one attached hydrogen (secondary N) is 2. The third-order valence-electron chi connectivity index (χ3n) is 3.19. The van der Waals surface area contributed by atoms with Gasteiger partial charge in [-0.25, -0.2) is 4.98 Å². The van der Waals surface area contributed by atoms with E-state index in [1.54, 1.807) is 24.4 Å². The van der Waals surface area contributed by atoms with Crippen LogP contribution >= 0.6 is 0 Å². The number of carbonyl (C=O) groups excluding carboxylic acids is 1. The number of amides is 1. The van der Waals surface area contributed by atoms with E-state index < -0.39 is 0 Å². The van der Waals surface area contributed by atoms with Crippen LogP contribution in [0.1, 0.15) is 21.7 Å². The van der Waals surface area contributed by atoms with Gasteiger partial charge in [0, 0.05) is 11.6 Å². The largest absolute Gasteiger partial charge is 0.360 e. The maximum atomic E-state index is 12.2. The highest BCUT2D eigenvalue weighted by Crippen LogP contribution is 2.17. The van der Waals surface area contributed by atoms with Crippen LogP contribution in [-0.4, -0.2) is 16.0 Å². The molecule has 1 amide bonds. The standard InChI is InChI=1S/C17H16N4O2/c1-11-4-3-5-13(8-11)17(22)20-15-7-6-14(10-18-15)19-16-9-12(2)23-21-16/h3-10H,1-2H3,(H,19,21)(H,18,20,22). The predicted molar refractivity (Wildman–Crippen MR) is 87.9 cm³/mol. The Bertz CT molecular complexity index is 825. The van der Waals surface area contributed by atoms with Gasteiger partial charge < -0.3 is 15.2 Å². The highest BCUT2D eigenvalue weighted by Gasteiger charge is 2.07. The third kappa shape index (κ3) is 3.74. The predicted octanol–water partition coefficient (Wildman–Crippen LogP) is 3.68. The summed E-state index contributed by atoms with van der Waals surface area (Å²) in [6.45, 7) is 3.77. The second kappa shape index (κ2) is 6.31. The molecule has 0 fully saturated rings. The van der Waals surface area contributed by atoms with Gasteiger partial charge >= 0.3 is 0 Å². The lowest BCUT2D eigenvalue weighted by molar-refractivity contribution is 0.102. The van der Waals surface area contributed by atoms with E-state index in [0.717, 1.165) is 17.0 Å². The zero-order chi connectivity index (χ0) is 16.2. The van der Waals surface area contributed by atoms with Crippen molar-refractivity contribution in [3.63, 3.8) is 0 Å². The maximum absolute atomic E-state index is 12.2. The van der Waals surface area contributed by atoms with Crippen molar-refractivity contribution in [2.24, 2.45) is 0 Å². The van der Waals surface area contributed by atoms with E-state index in [0.29, 0.717) is 17.2 Å². The fourth-order valence-corrected chi connectivity index (χ4v) is 2.09. The first-order valence-corrected chi connectivity index (χ1v) is 7.14. The number of pyridine rings is 1. The van der Waals surface area contributed by atoms with Crippen LogP contribution in [0, 0.1) is 13.8 Å². The molecule has 0 unspecified atom stereocenters. The number of aromatic nitrogens is 2. The molecule has 0 aliphatic carbocycles. The molecule has 0 radical (unpaired) electrons. The second-order valence-electron chi connectivity index (χ2n) is 5.20. The number of nitrogens with zero attached hydrogens (tertiary/aromatic N) is 2. The van der Waals surface area contributed by atoms with Crippen LogP contribution in [-0.2, 0) is 0 Å². The molecular formula is C17H16N4O2. The van der Waals surface area contributed by atoms with Crippen molar-refractivity contribution in [3.05, 3.63) is 65.5 Å². The first-order chi connectivity index (χ1) is 11.1. The van der Waals surface area contributed by atoms with Gasteiger partial charge in [-0.15, -0.1) is 0 Å². The summed E-state index contributed by atoms with van der Waals surface area (Å²) >= 11 is 0. The molecule has 3 rings (SSSR count). The Kier molecular flexibility index (Phi) is 4.05. The number of benzene rings is 1. The van der Waals surface area contributed by atoms with E-state index in [2.05, 4.69) is 20.8 Å². The van der Waals surface area contributed by atoms with Crippen LogP contribution < -0.4 is 10.6 Å². The summed E-state index contributed by atoms with van der Waals surface area (Å²) in [6.07, 6.45) is 1.62. The minimum absolute atomic E-state index is 0.186. The Morgan fingerprint density at radius 3 is 2.61 bits per heavy atom. The monoisotopic (exact) mass is 308 g/mol. The first-order valence-electron chi connectivity index (χ1n) is 7.14. The molecule has 0 aliphatic heterocycles. The lowest BCUT2D eigenvalue weighted by Crippen LogP contribution is -2.13. The SMILES string of the molecule is Cc1cccc(C(=O)Nc2ccc(Nc3cc(C)on3)cn2)c1. The molecule has 0 saturated heterocycles. The zero-order valence-corrected chi connectivity index (χ0v) is 12.8. The third-order valence-corrected chi connectivity index (χ3v) is 3.19. The number of hydrogen-bond acceptors (Lipinski definition) is 5. The van der Waals surface area contributed by atoms with E-state index in [1.807, 2.05) is 38.1 Å². The average Bonchev–Trinajstić information content (AvgIpc) is 2.94. The smallest absolute Gasteiger partial charge is 0.256 e. The molecular weight excluding hydrogens is 292 g/mol. The highest BCUT2D eigenvalue weighted by molar-refractivity contribution is 6.03. The summed E-state index contributed by atoms with van der Waals surface area (Å²) in [6, 6.07) is 12.7. The molecule has 0 saturated carbocycles. The van der Waals surface area contributed by atoms with Crippen LogP contribution in [0.5, 0.6) is 0 Å². The molecule has 23 heavy (non-hydrogen) atoms. The van der Waals surface area contributed by atoms with Crippen molar-refractivity contribution in [3.8, 4) is 0 Å². The minimum Gasteiger partial charge on any atom is -0.360 e. The number of hydrogen-bond donors (Lipinski definition) is 2. The van der Waals surface area contributed by atoms with E-state index >= 15 is 0 Å². The summed E-state index contributed by atoms with van der Waals surface area (Å²) in [4.78, 5) is 16.4. The van der Waals surface area contributed by atoms with Crippen LogP contribution in [0.4, 0.5) is 17.3 Å². The van der Waals surface area contributed by atoms with Gasteiger partial charge in [-0.3, -0.25) is 4.79 Å². The molecule has 0 aliphatic rings. The molecule has 0 atom stereocenters. The number of rotatable bonds is 4. The lowest BCUT2D eigenvalue weighted by Gasteiger charge is -2.06. The molecule has 2 N–H and O–H groups in total. The van der Waals surface area contributed by atoms with Crippen molar-refractivity contribution in [2.45, 2.75) is 13.8 Å². The lowest BCUT2D eigenvalue weighted by atomic mass is 10.1. The Labute approximate surface area is 133 Å². The molecule has 0 spiro atoms. The molecule has 2 heterocycles. The van der Waals surface area contributed by atoms with E-state index in [9.17, 15) is 4.79 Å². The van der Waals surface area contributed by atoms with Gasteiger partial charge in [0.05, 0.1) is 11.9 Å². The summed E-state index contributed by atoms with van der Waals surface area (Å²) in [5.41, 5.74) is 2.40. The zero-order valence-electron chi connectivity index (χ0n) is 12.8. The molecule has 6 nitrogen and oxygen atoms in total. The molecule has 3 aromatic rings. The number of anilines is 3. The Balaban J connectivity index is 1.66. The number of aryl methyl sites for hydroxylation is 2. The fourth-order valence-electron chi connectivity index (χ4n) is 2.09. The topological polar surface area (TPSA) is 80.0 Å². The van der Waals surface area contributed by atoms with Crippen molar-refractivity contribution >= 4 is 23.2 Å². The summed E-state index contributed by atoms with van der Waals surface area (Å²) < 4.78 is 4.98. The van der Waals surface area contributed by atoms with Gasteiger partial charge in [0.2, 0.25) is 0 Å². The van der Waals surface area contributed by atoms with Crippen LogP contribution in [0.15, 0.2) is 53.2 Å². The minimum atomic E-state index is -0.186. The van der Waals surface area contributed by atoms with Gasteiger partial charge in [0.15, 0.2) is 5.82 Å². The highest BCUT2D eigenvalue weighted by atomic mass is 16.5. The first kappa shape index (κ1) is 14.8. The van der Waals surface area contributed by atoms with E-state index in [1.165, 1.54) is 0 Å². The average molecular weight is 308 g/mol. The van der Waals surface area contributed by atoms with Crippen LogP contribution in [0.25, 0.3) is 0 Å². The Hall–Kier alpha value is -3.15. The molecule has 1 aromatic carbocycles. The molecule has 116 valence electrons. The summed E-state index contributed by atoms with van der Waals surface area (Å²) in [5, 5.41) is 9.68. The Morgan fingerprint density at radius 1 is 1.09 bits per heavy atom. The molecule has 2 aromatic heterocycles. The van der Waals surface area contributed by atoms with Gasteiger partial charge in [-0.2, -0.15) is 0 Å². The van der Waals surface area contributed by atoms with Crippen molar-refractivity contribution < 1.29 is 9.32 Å². The maximum Gasteiger partial charge on any atom is 0.256 e. The normalized spacial score (nSPS) is 10.3. The van der Waals surface area contributed by atoms with Gasteiger partial charge in [0.1, 0.15) is 11.6 Å². The molecule has 6 heteroatoms. The van der Waals surface area contributed by atoms with Crippen LogP contribution in [0.3, 0.4) is 0 Å².